The number of aryl methyl sites for hydroxylation is 1. The van der Waals surface area contributed by atoms with E-state index in [1.807, 2.05) is 43.9 Å². The van der Waals surface area contributed by atoms with Gasteiger partial charge >= 0.3 is 6.03 Å². The van der Waals surface area contributed by atoms with E-state index < -0.39 is 0 Å². The van der Waals surface area contributed by atoms with Gasteiger partial charge in [0.05, 0.1) is 6.04 Å². The predicted molar refractivity (Wildman–Crippen MR) is 95.8 cm³/mol. The minimum Gasteiger partial charge on any atom is -0.338 e. The Kier molecular flexibility index (Phi) is 6.23. The molecule has 0 radical (unpaired) electrons. The standard InChI is InChI=1S/C19H29N3O2/c1-19(2,3)22-14-16(13-17(22)23)21-18(24)20-12-8-7-11-15-9-5-4-6-10-15/h4-6,9-10,16H,7-8,11-14H2,1-3H3,(H2,20,21,24). The topological polar surface area (TPSA) is 61.4 Å². The van der Waals surface area contributed by atoms with Crippen molar-refractivity contribution in [2.45, 2.75) is 58.0 Å². The van der Waals surface area contributed by atoms with Gasteiger partial charge in [0, 0.05) is 25.0 Å². The van der Waals surface area contributed by atoms with Gasteiger partial charge in [-0.25, -0.2) is 4.79 Å². The van der Waals surface area contributed by atoms with Gasteiger partial charge in [0.2, 0.25) is 5.91 Å². The van der Waals surface area contributed by atoms with Crippen LogP contribution >= 0.6 is 0 Å². The number of benzene rings is 1. The molecule has 5 nitrogen and oxygen atoms in total. The van der Waals surface area contributed by atoms with E-state index in [1.54, 1.807) is 0 Å². The number of carbonyl (C=O) groups excluding carboxylic acids is 2. The van der Waals surface area contributed by atoms with Crippen molar-refractivity contribution in [3.05, 3.63) is 35.9 Å². The summed E-state index contributed by atoms with van der Waals surface area (Å²) in [6, 6.07) is 10.1. The molecular weight excluding hydrogens is 302 g/mol. The average Bonchev–Trinajstić information content (AvgIpc) is 2.88. The molecule has 5 heteroatoms. The number of rotatable bonds is 6. The lowest BCUT2D eigenvalue weighted by atomic mass is 10.1. The number of nitrogens with zero attached hydrogens (tertiary/aromatic N) is 1. The summed E-state index contributed by atoms with van der Waals surface area (Å²) in [5.74, 6) is 0.107. The van der Waals surface area contributed by atoms with Crippen molar-refractivity contribution in [3.63, 3.8) is 0 Å². The maximum absolute atomic E-state index is 12.0. The normalized spacial score (nSPS) is 17.9. The molecule has 132 valence electrons. The van der Waals surface area contributed by atoms with Crippen LogP contribution in [0.5, 0.6) is 0 Å². The fraction of sp³-hybridized carbons (Fsp3) is 0.579. The quantitative estimate of drug-likeness (QED) is 0.787. The van der Waals surface area contributed by atoms with Crippen LogP contribution in [0.1, 0.15) is 45.6 Å². The predicted octanol–water partition coefficient (Wildman–Crippen LogP) is 2.71. The molecule has 1 atom stereocenters. The molecule has 2 rings (SSSR count). The zero-order chi connectivity index (χ0) is 17.6. The Bertz CT molecular complexity index is 551. The van der Waals surface area contributed by atoms with Crippen molar-refractivity contribution in [1.82, 2.24) is 15.5 Å². The molecule has 1 aromatic rings. The second kappa shape index (κ2) is 8.18. The van der Waals surface area contributed by atoms with E-state index in [1.165, 1.54) is 5.56 Å². The maximum atomic E-state index is 12.0. The van der Waals surface area contributed by atoms with Crippen LogP contribution in [-0.2, 0) is 11.2 Å². The Balaban J connectivity index is 1.61. The van der Waals surface area contributed by atoms with Gasteiger partial charge in [-0.05, 0) is 45.6 Å². The Hall–Kier alpha value is -2.04. The zero-order valence-corrected chi connectivity index (χ0v) is 15.0. The first-order valence-electron chi connectivity index (χ1n) is 8.75. The molecule has 24 heavy (non-hydrogen) atoms. The summed E-state index contributed by atoms with van der Waals surface area (Å²) >= 11 is 0. The molecule has 3 amide bonds. The summed E-state index contributed by atoms with van der Waals surface area (Å²) in [5.41, 5.74) is 1.13. The molecule has 1 fully saturated rings. The molecular formula is C19H29N3O2. The smallest absolute Gasteiger partial charge is 0.315 e. The first kappa shape index (κ1) is 18.3. The largest absolute Gasteiger partial charge is 0.338 e. The molecule has 0 aliphatic carbocycles. The third-order valence-electron chi connectivity index (χ3n) is 4.29. The third kappa shape index (κ3) is 5.55. The Morgan fingerprint density at radius 3 is 2.54 bits per heavy atom. The molecule has 1 unspecified atom stereocenters. The lowest BCUT2D eigenvalue weighted by Crippen LogP contribution is -2.46. The van der Waals surface area contributed by atoms with Crippen LogP contribution in [-0.4, -0.2) is 41.5 Å². The highest BCUT2D eigenvalue weighted by atomic mass is 16.2. The van der Waals surface area contributed by atoms with Gasteiger partial charge < -0.3 is 15.5 Å². The number of urea groups is 1. The van der Waals surface area contributed by atoms with Crippen molar-refractivity contribution < 1.29 is 9.59 Å². The van der Waals surface area contributed by atoms with E-state index in [2.05, 4.69) is 22.8 Å². The fourth-order valence-corrected chi connectivity index (χ4v) is 2.99. The molecule has 2 N–H and O–H groups in total. The van der Waals surface area contributed by atoms with Crippen molar-refractivity contribution in [1.29, 1.82) is 0 Å². The summed E-state index contributed by atoms with van der Waals surface area (Å²) < 4.78 is 0. The zero-order valence-electron chi connectivity index (χ0n) is 15.0. The van der Waals surface area contributed by atoms with Gasteiger partial charge in [-0.1, -0.05) is 30.3 Å². The molecule has 1 aliphatic heterocycles. The van der Waals surface area contributed by atoms with Gasteiger partial charge in [0.15, 0.2) is 0 Å². The van der Waals surface area contributed by atoms with Crippen molar-refractivity contribution in [2.24, 2.45) is 0 Å². The molecule has 0 spiro atoms. The van der Waals surface area contributed by atoms with Gasteiger partial charge in [-0.15, -0.1) is 0 Å². The fourth-order valence-electron chi connectivity index (χ4n) is 2.99. The van der Waals surface area contributed by atoms with Crippen molar-refractivity contribution >= 4 is 11.9 Å². The summed E-state index contributed by atoms with van der Waals surface area (Å²) in [5, 5.41) is 5.79. The third-order valence-corrected chi connectivity index (χ3v) is 4.29. The highest BCUT2D eigenvalue weighted by Crippen LogP contribution is 2.21. The van der Waals surface area contributed by atoms with E-state index in [0.717, 1.165) is 19.3 Å². The highest BCUT2D eigenvalue weighted by Gasteiger charge is 2.36. The summed E-state index contributed by atoms with van der Waals surface area (Å²) in [4.78, 5) is 25.8. The van der Waals surface area contributed by atoms with E-state index >= 15 is 0 Å². The molecule has 1 saturated heterocycles. The number of likely N-dealkylation sites (tertiary alicyclic amines) is 1. The molecule has 0 saturated carbocycles. The lowest BCUT2D eigenvalue weighted by Gasteiger charge is -2.32. The number of hydrogen-bond donors (Lipinski definition) is 2. The minimum atomic E-state index is -0.193. The van der Waals surface area contributed by atoms with Crippen LogP contribution in [0.15, 0.2) is 30.3 Å². The van der Waals surface area contributed by atoms with Crippen LogP contribution in [0.4, 0.5) is 4.79 Å². The van der Waals surface area contributed by atoms with Crippen LogP contribution < -0.4 is 10.6 Å². The Morgan fingerprint density at radius 1 is 1.21 bits per heavy atom. The average molecular weight is 331 g/mol. The van der Waals surface area contributed by atoms with Gasteiger partial charge in [-0.3, -0.25) is 4.79 Å². The molecule has 1 aromatic carbocycles. The summed E-state index contributed by atoms with van der Waals surface area (Å²) in [6.07, 6.45) is 3.41. The van der Waals surface area contributed by atoms with Crippen LogP contribution in [0.3, 0.4) is 0 Å². The van der Waals surface area contributed by atoms with Crippen LogP contribution in [0.25, 0.3) is 0 Å². The van der Waals surface area contributed by atoms with Gasteiger partial charge in [-0.2, -0.15) is 0 Å². The number of nitrogens with one attached hydrogen (secondary N) is 2. The van der Waals surface area contributed by atoms with E-state index in [4.69, 9.17) is 0 Å². The Labute approximate surface area is 144 Å². The number of unbranched alkanes of at least 4 members (excludes halogenated alkanes) is 1. The van der Waals surface area contributed by atoms with Crippen molar-refractivity contribution in [3.8, 4) is 0 Å². The van der Waals surface area contributed by atoms with Crippen LogP contribution in [0.2, 0.25) is 0 Å². The summed E-state index contributed by atoms with van der Waals surface area (Å²) in [7, 11) is 0. The number of hydrogen-bond acceptors (Lipinski definition) is 2. The highest BCUT2D eigenvalue weighted by molar-refractivity contribution is 5.82. The van der Waals surface area contributed by atoms with Gasteiger partial charge in [0.1, 0.15) is 0 Å². The van der Waals surface area contributed by atoms with Crippen molar-refractivity contribution in [2.75, 3.05) is 13.1 Å². The Morgan fingerprint density at radius 2 is 1.92 bits per heavy atom. The molecule has 1 aliphatic rings. The molecule has 0 aromatic heterocycles. The SMILES string of the molecule is CC(C)(C)N1CC(NC(=O)NCCCCc2ccccc2)CC1=O. The lowest BCUT2D eigenvalue weighted by molar-refractivity contribution is -0.131. The van der Waals surface area contributed by atoms with E-state index in [9.17, 15) is 9.59 Å². The van der Waals surface area contributed by atoms with Gasteiger partial charge in [0.25, 0.3) is 0 Å². The summed E-state index contributed by atoms with van der Waals surface area (Å²) in [6.45, 7) is 7.28. The first-order valence-corrected chi connectivity index (χ1v) is 8.75. The number of carbonyl (C=O) groups is 2. The number of amides is 3. The monoisotopic (exact) mass is 331 g/mol. The second-order valence-corrected chi connectivity index (χ2v) is 7.42. The van der Waals surface area contributed by atoms with Crippen LogP contribution in [0, 0.1) is 0 Å². The van der Waals surface area contributed by atoms with E-state index in [0.29, 0.717) is 19.5 Å². The molecule has 1 heterocycles. The van der Waals surface area contributed by atoms with E-state index in [-0.39, 0.29) is 23.5 Å². The second-order valence-electron chi connectivity index (χ2n) is 7.42. The minimum absolute atomic E-state index is 0.0963. The molecule has 0 bridgehead atoms. The maximum Gasteiger partial charge on any atom is 0.315 e. The first-order chi connectivity index (χ1) is 11.4.